The first kappa shape index (κ1) is 32.0. The lowest BCUT2D eigenvalue weighted by Gasteiger charge is -2.13. The van der Waals surface area contributed by atoms with Crippen LogP contribution in [-0.4, -0.2) is 29.1 Å². The summed E-state index contributed by atoms with van der Waals surface area (Å²) in [5, 5.41) is 2.20. The van der Waals surface area contributed by atoms with Crippen molar-refractivity contribution in [2.45, 2.75) is 12.8 Å². The maximum atomic E-state index is 4.92. The van der Waals surface area contributed by atoms with E-state index in [2.05, 4.69) is 147 Å². The summed E-state index contributed by atoms with van der Waals surface area (Å²) in [4.78, 5) is 19.1. The summed E-state index contributed by atoms with van der Waals surface area (Å²) in [7, 11) is 0. The topological polar surface area (TPSA) is 61.4 Å². The third-order valence-electron chi connectivity index (χ3n) is 11.0. The second-order valence-electron chi connectivity index (χ2n) is 14.3. The van der Waals surface area contributed by atoms with Crippen molar-refractivity contribution >= 4 is 49.4 Å². The van der Waals surface area contributed by atoms with Gasteiger partial charge in [0, 0.05) is 81.6 Å². The molecule has 6 heteroatoms. The minimum Gasteiger partial charge on any atom is -0.308 e. The number of allylic oxidation sites excluding steroid dienone is 4. The molecule has 0 aliphatic heterocycles. The Balaban J connectivity index is 1.03. The average Bonchev–Trinajstić information content (AvgIpc) is 3.79. The van der Waals surface area contributed by atoms with Gasteiger partial charge in [-0.25, -0.2) is 0 Å². The molecule has 4 aromatic carbocycles. The molecular weight excluding hydrogens is 685 g/mol. The molecule has 1 aliphatic rings. The first-order valence-electron chi connectivity index (χ1n) is 19.0. The van der Waals surface area contributed by atoms with Crippen LogP contribution in [0.4, 0.5) is 0 Å². The van der Waals surface area contributed by atoms with Gasteiger partial charge in [0.15, 0.2) is 0 Å². The molecule has 264 valence electrons. The van der Waals surface area contributed by atoms with Gasteiger partial charge in [-0.2, -0.15) is 0 Å². The van der Waals surface area contributed by atoms with Crippen molar-refractivity contribution in [3.8, 4) is 44.8 Å². The summed E-state index contributed by atoms with van der Waals surface area (Å²) in [6, 6.07) is 45.3. The first-order valence-corrected chi connectivity index (χ1v) is 19.0. The smallest absolute Gasteiger partial charge is 0.0963 e. The molecule has 11 rings (SSSR count). The summed E-state index contributed by atoms with van der Waals surface area (Å²) >= 11 is 0. The van der Waals surface area contributed by atoms with Gasteiger partial charge < -0.3 is 9.13 Å². The van der Waals surface area contributed by atoms with Gasteiger partial charge in [-0.3, -0.25) is 19.9 Å². The van der Waals surface area contributed by atoms with Crippen LogP contribution in [0, 0.1) is 0 Å². The minimum atomic E-state index is 0.963. The van der Waals surface area contributed by atoms with Crippen LogP contribution in [0.5, 0.6) is 0 Å². The Kier molecular flexibility index (Phi) is 7.52. The Morgan fingerprint density at radius 3 is 1.57 bits per heavy atom. The molecule has 6 aromatic heterocycles. The lowest BCUT2D eigenvalue weighted by atomic mass is 9.98. The highest BCUT2D eigenvalue weighted by Crippen LogP contribution is 2.38. The maximum absolute atomic E-state index is 4.92. The Morgan fingerprint density at radius 2 is 0.982 bits per heavy atom. The Hall–Kier alpha value is -7.44. The second-order valence-corrected chi connectivity index (χ2v) is 14.3. The molecule has 0 radical (unpaired) electrons. The van der Waals surface area contributed by atoms with Gasteiger partial charge >= 0.3 is 0 Å². The number of aromatic nitrogens is 6. The number of nitrogens with zero attached hydrogens (tertiary/aromatic N) is 6. The molecular formula is C50H34N6. The predicted molar refractivity (Wildman–Crippen MR) is 229 cm³/mol. The number of hydrogen-bond acceptors (Lipinski definition) is 4. The van der Waals surface area contributed by atoms with E-state index in [-0.39, 0.29) is 0 Å². The molecule has 56 heavy (non-hydrogen) atoms. The van der Waals surface area contributed by atoms with Gasteiger partial charge in [0.2, 0.25) is 0 Å². The fraction of sp³-hybridized carbons (Fsp3) is 0.0400. The van der Waals surface area contributed by atoms with E-state index in [0.717, 1.165) is 107 Å². The molecule has 10 aromatic rings. The lowest BCUT2D eigenvalue weighted by molar-refractivity contribution is 1.04. The number of rotatable bonds is 6. The molecule has 0 fully saturated rings. The molecule has 0 bridgehead atoms. The molecule has 0 spiro atoms. The monoisotopic (exact) mass is 718 g/mol. The largest absolute Gasteiger partial charge is 0.308 e. The average molecular weight is 719 g/mol. The van der Waals surface area contributed by atoms with Crippen molar-refractivity contribution in [3.05, 3.63) is 188 Å². The third-order valence-corrected chi connectivity index (χ3v) is 11.0. The summed E-state index contributed by atoms with van der Waals surface area (Å²) in [5.74, 6) is 0. The lowest BCUT2D eigenvalue weighted by Crippen LogP contribution is -1.98. The Bertz CT molecular complexity index is 3200. The summed E-state index contributed by atoms with van der Waals surface area (Å²) in [5.41, 5.74) is 17.3. The molecule has 0 saturated heterocycles. The van der Waals surface area contributed by atoms with E-state index in [1.807, 2.05) is 55.4 Å². The van der Waals surface area contributed by atoms with Crippen molar-refractivity contribution in [1.82, 2.24) is 29.1 Å². The highest BCUT2D eigenvalue weighted by Gasteiger charge is 2.18. The van der Waals surface area contributed by atoms with Gasteiger partial charge in [0.25, 0.3) is 0 Å². The minimum absolute atomic E-state index is 0.963. The Labute approximate surface area is 323 Å². The molecule has 0 saturated carbocycles. The van der Waals surface area contributed by atoms with E-state index in [1.54, 1.807) is 0 Å². The Morgan fingerprint density at radius 1 is 0.411 bits per heavy atom. The highest BCUT2D eigenvalue weighted by molar-refractivity contribution is 6.10. The molecule has 0 amide bonds. The molecule has 0 N–H and O–H groups in total. The van der Waals surface area contributed by atoms with Crippen LogP contribution in [0.15, 0.2) is 183 Å². The standard InChI is InChI=1S/C50H34N6/c1-3-10-33(11-4-1)37-24-39(31-51-29-37)35-18-20-45-43(26-35)49-47(16-8-22-53-49)55(45)41-14-7-15-42(28-41)56-46-21-19-36(27-44(46)50-48(56)17-9-23-54-50)40-25-38(30-52-32-40)34-12-5-2-6-13-34/h1,3-5,7-32H,2,6H2. The predicted octanol–water partition coefficient (Wildman–Crippen LogP) is 12.2. The number of benzene rings is 4. The van der Waals surface area contributed by atoms with Crippen LogP contribution in [0.2, 0.25) is 0 Å². The number of pyridine rings is 4. The van der Waals surface area contributed by atoms with Crippen molar-refractivity contribution < 1.29 is 0 Å². The summed E-state index contributed by atoms with van der Waals surface area (Å²) in [6.07, 6.45) is 20.4. The van der Waals surface area contributed by atoms with Crippen LogP contribution in [0.25, 0.3) is 94.2 Å². The van der Waals surface area contributed by atoms with Crippen LogP contribution in [-0.2, 0) is 0 Å². The number of fused-ring (bicyclic) bond motifs is 6. The molecule has 0 atom stereocenters. The highest BCUT2D eigenvalue weighted by atomic mass is 15.0. The van der Waals surface area contributed by atoms with Gasteiger partial charge in [-0.1, -0.05) is 66.8 Å². The molecule has 0 unspecified atom stereocenters. The van der Waals surface area contributed by atoms with Crippen LogP contribution in [0.1, 0.15) is 18.4 Å². The van der Waals surface area contributed by atoms with Crippen molar-refractivity contribution in [2.24, 2.45) is 0 Å². The zero-order chi connectivity index (χ0) is 37.0. The summed E-state index contributed by atoms with van der Waals surface area (Å²) in [6.45, 7) is 0. The normalized spacial score (nSPS) is 12.9. The van der Waals surface area contributed by atoms with Crippen LogP contribution < -0.4 is 0 Å². The summed E-state index contributed by atoms with van der Waals surface area (Å²) < 4.78 is 4.65. The maximum Gasteiger partial charge on any atom is 0.0963 e. The van der Waals surface area contributed by atoms with E-state index in [4.69, 9.17) is 9.97 Å². The van der Waals surface area contributed by atoms with E-state index in [9.17, 15) is 0 Å². The van der Waals surface area contributed by atoms with Crippen molar-refractivity contribution in [2.75, 3.05) is 0 Å². The zero-order valence-electron chi connectivity index (χ0n) is 30.4. The van der Waals surface area contributed by atoms with E-state index in [0.29, 0.717) is 0 Å². The van der Waals surface area contributed by atoms with Gasteiger partial charge in [0.1, 0.15) is 0 Å². The van der Waals surface area contributed by atoms with Crippen LogP contribution >= 0.6 is 0 Å². The van der Waals surface area contributed by atoms with E-state index < -0.39 is 0 Å². The van der Waals surface area contributed by atoms with E-state index >= 15 is 0 Å². The zero-order valence-corrected chi connectivity index (χ0v) is 30.4. The van der Waals surface area contributed by atoms with Crippen molar-refractivity contribution in [1.29, 1.82) is 0 Å². The van der Waals surface area contributed by atoms with Gasteiger partial charge in [-0.05, 0) is 114 Å². The molecule has 6 heterocycles. The van der Waals surface area contributed by atoms with E-state index in [1.165, 1.54) is 5.57 Å². The fourth-order valence-electron chi connectivity index (χ4n) is 8.33. The quantitative estimate of drug-likeness (QED) is 0.172. The molecule has 6 nitrogen and oxygen atoms in total. The SMILES string of the molecule is C1=CC(c2cncc(-c3ccc4c(c3)c3ncccc3n4-c3cccc(-n4c5ccc(-c6cncc(-c7ccccc7)c6)cc5c5ncccc54)c3)c2)=CCC1. The fourth-order valence-corrected chi connectivity index (χ4v) is 8.33. The molecule has 1 aliphatic carbocycles. The second kappa shape index (κ2) is 13.1. The van der Waals surface area contributed by atoms with Crippen molar-refractivity contribution in [3.63, 3.8) is 0 Å². The number of hydrogen-bond donors (Lipinski definition) is 0. The van der Waals surface area contributed by atoms with Gasteiger partial charge in [0.05, 0.1) is 33.1 Å². The first-order chi connectivity index (χ1) is 27.8. The van der Waals surface area contributed by atoms with Gasteiger partial charge in [-0.15, -0.1) is 0 Å². The third kappa shape index (κ3) is 5.34. The van der Waals surface area contributed by atoms with Crippen LogP contribution in [0.3, 0.4) is 0 Å².